The Bertz CT molecular complexity index is 957. The number of halogens is 1. The summed E-state index contributed by atoms with van der Waals surface area (Å²) in [6.07, 6.45) is 0.763. The lowest BCUT2D eigenvalue weighted by atomic mass is 9.98. The average Bonchev–Trinajstić information content (AvgIpc) is 3.21. The van der Waals surface area contributed by atoms with E-state index in [1.165, 1.54) is 18.2 Å². The molecule has 0 spiro atoms. The van der Waals surface area contributed by atoms with E-state index in [-0.39, 0.29) is 17.4 Å². The Morgan fingerprint density at radius 2 is 2.04 bits per heavy atom. The average molecular weight is 383 g/mol. The van der Waals surface area contributed by atoms with Crippen molar-refractivity contribution < 1.29 is 18.4 Å². The van der Waals surface area contributed by atoms with Crippen molar-refractivity contribution in [1.82, 2.24) is 15.5 Å². The molecule has 1 heterocycles. The summed E-state index contributed by atoms with van der Waals surface area (Å²) in [5.41, 5.74) is 0.709. The predicted octanol–water partition coefficient (Wildman–Crippen LogP) is 4.40. The van der Waals surface area contributed by atoms with Gasteiger partial charge in [-0.2, -0.15) is 4.98 Å². The van der Waals surface area contributed by atoms with E-state index in [0.717, 1.165) is 12.0 Å². The van der Waals surface area contributed by atoms with Crippen LogP contribution in [0.15, 0.2) is 53.1 Å². The number of nitrogens with zero attached hydrogens (tertiary/aromatic N) is 2. The predicted molar refractivity (Wildman–Crippen MR) is 102 cm³/mol. The Labute approximate surface area is 162 Å². The summed E-state index contributed by atoms with van der Waals surface area (Å²) in [6, 6.07) is 12.6. The van der Waals surface area contributed by atoms with Crippen molar-refractivity contribution in [3.8, 4) is 17.1 Å². The minimum Gasteiger partial charge on any atom is -0.497 e. The highest BCUT2D eigenvalue weighted by Crippen LogP contribution is 2.27. The molecule has 0 saturated heterocycles. The van der Waals surface area contributed by atoms with E-state index in [2.05, 4.69) is 15.5 Å². The quantitative estimate of drug-likeness (QED) is 0.654. The molecule has 0 aliphatic carbocycles. The second-order valence-electron chi connectivity index (χ2n) is 6.50. The number of methoxy groups -OCH3 is 1. The molecule has 0 aliphatic heterocycles. The molecule has 3 aromatic rings. The van der Waals surface area contributed by atoms with Crippen LogP contribution in [0.4, 0.5) is 4.39 Å². The zero-order valence-corrected chi connectivity index (χ0v) is 16.0. The van der Waals surface area contributed by atoms with Crippen LogP contribution < -0.4 is 10.1 Å². The highest BCUT2D eigenvalue weighted by atomic mass is 19.1. The molecule has 0 bridgehead atoms. The molecule has 3 rings (SSSR count). The Hall–Kier alpha value is -3.22. The van der Waals surface area contributed by atoms with Crippen LogP contribution in [0.5, 0.6) is 5.75 Å². The van der Waals surface area contributed by atoms with Crippen LogP contribution in [0.3, 0.4) is 0 Å². The number of carbonyl (C=O) groups excluding carboxylic acids is 1. The third-order valence-corrected chi connectivity index (χ3v) is 4.65. The van der Waals surface area contributed by atoms with Gasteiger partial charge in [0.25, 0.3) is 5.91 Å². The Morgan fingerprint density at radius 1 is 1.25 bits per heavy atom. The van der Waals surface area contributed by atoms with E-state index in [0.29, 0.717) is 11.6 Å². The van der Waals surface area contributed by atoms with Crippen molar-refractivity contribution in [2.45, 2.75) is 26.3 Å². The number of benzene rings is 2. The van der Waals surface area contributed by atoms with E-state index in [1.54, 1.807) is 19.2 Å². The van der Waals surface area contributed by atoms with Crippen molar-refractivity contribution in [3.63, 3.8) is 0 Å². The van der Waals surface area contributed by atoms with Crippen molar-refractivity contribution in [2.24, 2.45) is 5.92 Å². The number of carbonyl (C=O) groups is 1. The van der Waals surface area contributed by atoms with Crippen LogP contribution in [0, 0.1) is 11.7 Å². The van der Waals surface area contributed by atoms with Crippen molar-refractivity contribution in [2.75, 3.05) is 7.11 Å². The summed E-state index contributed by atoms with van der Waals surface area (Å²) in [5.74, 6) is 0.249. The summed E-state index contributed by atoms with van der Waals surface area (Å²) in [4.78, 5) is 17.0. The standard InChI is InChI=1S/C21H22FN3O3/c1-4-13(2)18(23-20(26)16-10-5-6-11-17(16)22)21-24-19(25-28-21)14-8-7-9-15(12-14)27-3/h5-13,18H,4H2,1-3H3,(H,23,26). The highest BCUT2D eigenvalue weighted by Gasteiger charge is 2.27. The number of amides is 1. The summed E-state index contributed by atoms with van der Waals surface area (Å²) in [5, 5.41) is 6.86. The van der Waals surface area contributed by atoms with Crippen molar-refractivity contribution in [1.29, 1.82) is 0 Å². The van der Waals surface area contributed by atoms with Crippen LogP contribution in [0.2, 0.25) is 0 Å². The fraction of sp³-hybridized carbons (Fsp3) is 0.286. The maximum absolute atomic E-state index is 13.9. The van der Waals surface area contributed by atoms with Gasteiger partial charge in [0, 0.05) is 5.56 Å². The molecule has 0 radical (unpaired) electrons. The fourth-order valence-corrected chi connectivity index (χ4v) is 2.79. The van der Waals surface area contributed by atoms with E-state index in [4.69, 9.17) is 9.26 Å². The SMILES string of the molecule is CCC(C)C(NC(=O)c1ccccc1F)c1nc(-c2cccc(OC)c2)no1. The second-order valence-corrected chi connectivity index (χ2v) is 6.50. The van der Waals surface area contributed by atoms with Gasteiger partial charge in [-0.05, 0) is 30.2 Å². The zero-order chi connectivity index (χ0) is 20.1. The van der Waals surface area contributed by atoms with Gasteiger partial charge in [-0.25, -0.2) is 4.39 Å². The molecule has 2 aromatic carbocycles. The van der Waals surface area contributed by atoms with E-state index in [9.17, 15) is 9.18 Å². The molecule has 2 atom stereocenters. The molecule has 28 heavy (non-hydrogen) atoms. The first-order valence-corrected chi connectivity index (χ1v) is 9.07. The van der Waals surface area contributed by atoms with Gasteiger partial charge in [0.15, 0.2) is 0 Å². The van der Waals surface area contributed by atoms with Gasteiger partial charge < -0.3 is 14.6 Å². The summed E-state index contributed by atoms with van der Waals surface area (Å²) < 4.78 is 24.6. The molecule has 1 amide bonds. The minimum absolute atomic E-state index is 0.00864. The van der Waals surface area contributed by atoms with Crippen LogP contribution in [-0.4, -0.2) is 23.2 Å². The van der Waals surface area contributed by atoms with E-state index < -0.39 is 17.8 Å². The number of rotatable bonds is 7. The van der Waals surface area contributed by atoms with Crippen LogP contribution in [0.25, 0.3) is 11.4 Å². The summed E-state index contributed by atoms with van der Waals surface area (Å²) >= 11 is 0. The third kappa shape index (κ3) is 4.19. The smallest absolute Gasteiger partial charge is 0.254 e. The number of aromatic nitrogens is 2. The number of ether oxygens (including phenoxy) is 1. The summed E-state index contributed by atoms with van der Waals surface area (Å²) in [7, 11) is 1.58. The molecular formula is C21H22FN3O3. The summed E-state index contributed by atoms with van der Waals surface area (Å²) in [6.45, 7) is 3.95. The first kappa shape index (κ1) is 19.5. The minimum atomic E-state index is -0.578. The molecule has 2 unspecified atom stereocenters. The van der Waals surface area contributed by atoms with Crippen molar-refractivity contribution >= 4 is 5.91 Å². The molecule has 146 valence electrons. The van der Waals surface area contributed by atoms with E-state index in [1.807, 2.05) is 32.0 Å². The Morgan fingerprint density at radius 3 is 2.75 bits per heavy atom. The maximum Gasteiger partial charge on any atom is 0.254 e. The highest BCUT2D eigenvalue weighted by molar-refractivity contribution is 5.94. The van der Waals surface area contributed by atoms with Gasteiger partial charge in [0.05, 0.1) is 12.7 Å². The number of nitrogens with one attached hydrogen (secondary N) is 1. The first-order chi connectivity index (χ1) is 13.5. The Kier molecular flexibility index (Phi) is 6.03. The molecule has 0 saturated carbocycles. The number of hydrogen-bond donors (Lipinski definition) is 1. The van der Waals surface area contributed by atoms with Gasteiger partial charge in [-0.3, -0.25) is 4.79 Å². The van der Waals surface area contributed by atoms with Gasteiger partial charge in [0.1, 0.15) is 17.6 Å². The van der Waals surface area contributed by atoms with Crippen LogP contribution in [0.1, 0.15) is 42.6 Å². The van der Waals surface area contributed by atoms with Crippen LogP contribution in [-0.2, 0) is 0 Å². The Balaban J connectivity index is 1.87. The fourth-order valence-electron chi connectivity index (χ4n) is 2.79. The van der Waals surface area contributed by atoms with Crippen molar-refractivity contribution in [3.05, 3.63) is 65.8 Å². The number of hydrogen-bond acceptors (Lipinski definition) is 5. The normalized spacial score (nSPS) is 13.0. The molecule has 7 heteroatoms. The molecule has 0 aliphatic rings. The first-order valence-electron chi connectivity index (χ1n) is 9.07. The molecule has 0 fully saturated rings. The maximum atomic E-state index is 13.9. The molecular weight excluding hydrogens is 361 g/mol. The van der Waals surface area contributed by atoms with Gasteiger partial charge in [-0.1, -0.05) is 49.7 Å². The molecule has 1 aromatic heterocycles. The van der Waals surface area contributed by atoms with E-state index >= 15 is 0 Å². The van der Waals surface area contributed by atoms with Crippen LogP contribution >= 0.6 is 0 Å². The topological polar surface area (TPSA) is 77.2 Å². The molecule has 1 N–H and O–H groups in total. The van der Waals surface area contributed by atoms with Gasteiger partial charge in [-0.15, -0.1) is 0 Å². The second kappa shape index (κ2) is 8.65. The lowest BCUT2D eigenvalue weighted by molar-refractivity contribution is 0.0906. The zero-order valence-electron chi connectivity index (χ0n) is 16.0. The van der Waals surface area contributed by atoms with Gasteiger partial charge >= 0.3 is 0 Å². The largest absolute Gasteiger partial charge is 0.497 e. The third-order valence-electron chi connectivity index (χ3n) is 4.65. The lowest BCUT2D eigenvalue weighted by Gasteiger charge is -2.20. The molecule has 6 nitrogen and oxygen atoms in total. The monoisotopic (exact) mass is 383 g/mol. The van der Waals surface area contributed by atoms with Gasteiger partial charge in [0.2, 0.25) is 11.7 Å². The lowest BCUT2D eigenvalue weighted by Crippen LogP contribution is -2.33.